The van der Waals surface area contributed by atoms with Gasteiger partial charge in [-0.15, -0.1) is 11.8 Å². The first-order chi connectivity index (χ1) is 7.22. The first kappa shape index (κ1) is 11.0. The average molecular weight is 222 g/mol. The number of aliphatic hydroxyl groups excluding tert-OH is 1. The zero-order valence-electron chi connectivity index (χ0n) is 9.31. The minimum Gasteiger partial charge on any atom is -0.392 e. The van der Waals surface area contributed by atoms with Gasteiger partial charge >= 0.3 is 0 Å². The van der Waals surface area contributed by atoms with Crippen LogP contribution in [0.2, 0.25) is 0 Å². The van der Waals surface area contributed by atoms with Gasteiger partial charge in [0.05, 0.1) is 6.10 Å². The smallest absolute Gasteiger partial charge is 0.0690 e. The Kier molecular flexibility index (Phi) is 3.37. The van der Waals surface area contributed by atoms with E-state index in [1.807, 2.05) is 11.8 Å². The standard InChI is InChI=1S/C13H18OS/c1-3-9(2)13(14)12-8-10-6-4-5-7-11(10)15-12/h4-7,9,12-14H,3,8H2,1-2H3. The molecule has 15 heavy (non-hydrogen) atoms. The molecule has 1 aliphatic heterocycles. The fraction of sp³-hybridized carbons (Fsp3) is 0.538. The second-order valence-electron chi connectivity index (χ2n) is 4.34. The first-order valence-electron chi connectivity index (χ1n) is 5.65. The SMILES string of the molecule is CCC(C)C(O)C1Cc2ccccc2S1. The molecule has 1 aliphatic rings. The molecule has 0 fully saturated rings. The van der Waals surface area contributed by atoms with Crippen LogP contribution in [-0.4, -0.2) is 16.5 Å². The second kappa shape index (κ2) is 4.58. The Morgan fingerprint density at radius 1 is 1.47 bits per heavy atom. The van der Waals surface area contributed by atoms with Crippen LogP contribution >= 0.6 is 11.8 Å². The fourth-order valence-electron chi connectivity index (χ4n) is 2.01. The second-order valence-corrected chi connectivity index (χ2v) is 5.63. The molecule has 0 saturated heterocycles. The Labute approximate surface area is 95.9 Å². The molecule has 1 aromatic carbocycles. The van der Waals surface area contributed by atoms with Crippen molar-refractivity contribution in [3.8, 4) is 0 Å². The molecule has 0 saturated carbocycles. The van der Waals surface area contributed by atoms with Crippen molar-refractivity contribution in [3.63, 3.8) is 0 Å². The third-order valence-corrected chi connectivity index (χ3v) is 4.68. The topological polar surface area (TPSA) is 20.2 Å². The number of hydrogen-bond acceptors (Lipinski definition) is 2. The molecule has 1 heterocycles. The van der Waals surface area contributed by atoms with Crippen LogP contribution in [0.5, 0.6) is 0 Å². The average Bonchev–Trinajstić information content (AvgIpc) is 2.70. The maximum atomic E-state index is 10.2. The Balaban J connectivity index is 2.07. The first-order valence-corrected chi connectivity index (χ1v) is 6.53. The Bertz CT molecular complexity index is 312. The Hall–Kier alpha value is -0.470. The van der Waals surface area contributed by atoms with Crippen molar-refractivity contribution in [3.05, 3.63) is 29.8 Å². The minimum absolute atomic E-state index is 0.174. The molecule has 0 spiro atoms. The quantitative estimate of drug-likeness (QED) is 0.848. The van der Waals surface area contributed by atoms with E-state index >= 15 is 0 Å². The van der Waals surface area contributed by atoms with Gasteiger partial charge in [-0.25, -0.2) is 0 Å². The highest BCUT2D eigenvalue weighted by Crippen LogP contribution is 2.39. The predicted molar refractivity (Wildman–Crippen MR) is 65.3 cm³/mol. The molecule has 82 valence electrons. The summed E-state index contributed by atoms with van der Waals surface area (Å²) in [6, 6.07) is 8.48. The van der Waals surface area contributed by atoms with Crippen LogP contribution in [0.4, 0.5) is 0 Å². The molecule has 1 aromatic rings. The minimum atomic E-state index is -0.174. The number of thioether (sulfide) groups is 1. The molecule has 2 rings (SSSR count). The van der Waals surface area contributed by atoms with E-state index in [9.17, 15) is 5.11 Å². The van der Waals surface area contributed by atoms with Gasteiger partial charge in [0, 0.05) is 10.1 Å². The van der Waals surface area contributed by atoms with Gasteiger partial charge in [-0.05, 0) is 24.0 Å². The highest BCUT2D eigenvalue weighted by atomic mass is 32.2. The van der Waals surface area contributed by atoms with Crippen LogP contribution in [0.3, 0.4) is 0 Å². The van der Waals surface area contributed by atoms with Gasteiger partial charge in [0.2, 0.25) is 0 Å². The molecule has 0 bridgehead atoms. The zero-order chi connectivity index (χ0) is 10.8. The van der Waals surface area contributed by atoms with Crippen molar-refractivity contribution in [2.24, 2.45) is 5.92 Å². The number of benzene rings is 1. The highest BCUT2D eigenvalue weighted by Gasteiger charge is 2.30. The molecule has 0 aromatic heterocycles. The lowest BCUT2D eigenvalue weighted by Crippen LogP contribution is -2.29. The van der Waals surface area contributed by atoms with Crippen LogP contribution in [0.15, 0.2) is 29.2 Å². The summed E-state index contributed by atoms with van der Waals surface area (Å²) >= 11 is 1.84. The van der Waals surface area contributed by atoms with Crippen LogP contribution in [0, 0.1) is 5.92 Å². The number of rotatable bonds is 3. The molecular weight excluding hydrogens is 204 g/mol. The van der Waals surface area contributed by atoms with Crippen molar-refractivity contribution in [1.82, 2.24) is 0 Å². The van der Waals surface area contributed by atoms with Gasteiger partial charge in [0.15, 0.2) is 0 Å². The number of fused-ring (bicyclic) bond motifs is 1. The van der Waals surface area contributed by atoms with Crippen LogP contribution in [0.1, 0.15) is 25.8 Å². The Morgan fingerprint density at radius 2 is 2.20 bits per heavy atom. The Morgan fingerprint density at radius 3 is 2.87 bits per heavy atom. The molecule has 2 heteroatoms. The van der Waals surface area contributed by atoms with E-state index < -0.39 is 0 Å². The van der Waals surface area contributed by atoms with Crippen molar-refractivity contribution < 1.29 is 5.11 Å². The van der Waals surface area contributed by atoms with E-state index in [2.05, 4.69) is 38.1 Å². The number of aliphatic hydroxyl groups is 1. The summed E-state index contributed by atoms with van der Waals surface area (Å²) in [6.07, 6.45) is 1.90. The third kappa shape index (κ3) is 2.21. The van der Waals surface area contributed by atoms with Crippen molar-refractivity contribution in [2.75, 3.05) is 0 Å². The summed E-state index contributed by atoms with van der Waals surface area (Å²) in [5, 5.41) is 10.5. The molecule has 1 nitrogen and oxygen atoms in total. The molecule has 0 aliphatic carbocycles. The van der Waals surface area contributed by atoms with Crippen LogP contribution in [-0.2, 0) is 6.42 Å². The maximum Gasteiger partial charge on any atom is 0.0690 e. The van der Waals surface area contributed by atoms with Gasteiger partial charge in [-0.3, -0.25) is 0 Å². The fourth-order valence-corrected chi connectivity index (χ4v) is 3.46. The molecule has 0 radical (unpaired) electrons. The summed E-state index contributed by atoms with van der Waals surface area (Å²) in [4.78, 5) is 1.35. The normalized spacial score (nSPS) is 23.5. The highest BCUT2D eigenvalue weighted by molar-refractivity contribution is 8.00. The number of hydrogen-bond donors (Lipinski definition) is 1. The molecule has 3 unspecified atom stereocenters. The van der Waals surface area contributed by atoms with Crippen molar-refractivity contribution >= 4 is 11.8 Å². The lowest BCUT2D eigenvalue weighted by atomic mass is 9.96. The van der Waals surface area contributed by atoms with Gasteiger partial charge in [-0.1, -0.05) is 38.5 Å². The maximum absolute atomic E-state index is 10.2. The third-order valence-electron chi connectivity index (χ3n) is 3.28. The van der Waals surface area contributed by atoms with Crippen LogP contribution in [0.25, 0.3) is 0 Å². The summed E-state index contributed by atoms with van der Waals surface area (Å²) in [5.74, 6) is 0.400. The van der Waals surface area contributed by atoms with Gasteiger partial charge in [-0.2, -0.15) is 0 Å². The monoisotopic (exact) mass is 222 g/mol. The summed E-state index contributed by atoms with van der Waals surface area (Å²) in [6.45, 7) is 4.27. The summed E-state index contributed by atoms with van der Waals surface area (Å²) in [5.41, 5.74) is 1.40. The van der Waals surface area contributed by atoms with Crippen molar-refractivity contribution in [2.45, 2.75) is 42.9 Å². The predicted octanol–water partition coefficient (Wildman–Crippen LogP) is 3.11. The summed E-state index contributed by atoms with van der Waals surface area (Å²) in [7, 11) is 0. The molecular formula is C13H18OS. The van der Waals surface area contributed by atoms with Gasteiger partial charge in [0.1, 0.15) is 0 Å². The van der Waals surface area contributed by atoms with E-state index in [4.69, 9.17) is 0 Å². The van der Waals surface area contributed by atoms with Gasteiger partial charge < -0.3 is 5.11 Å². The van der Waals surface area contributed by atoms with Crippen LogP contribution < -0.4 is 0 Å². The molecule has 1 N–H and O–H groups in total. The zero-order valence-corrected chi connectivity index (χ0v) is 10.1. The van der Waals surface area contributed by atoms with E-state index in [1.54, 1.807) is 0 Å². The van der Waals surface area contributed by atoms with E-state index in [0.29, 0.717) is 11.2 Å². The lowest BCUT2D eigenvalue weighted by Gasteiger charge is -2.22. The largest absolute Gasteiger partial charge is 0.392 e. The van der Waals surface area contributed by atoms with E-state index in [0.717, 1.165) is 12.8 Å². The molecule has 3 atom stereocenters. The van der Waals surface area contributed by atoms with E-state index in [-0.39, 0.29) is 6.10 Å². The summed E-state index contributed by atoms with van der Waals surface area (Å²) < 4.78 is 0. The van der Waals surface area contributed by atoms with Crippen molar-refractivity contribution in [1.29, 1.82) is 0 Å². The van der Waals surface area contributed by atoms with E-state index in [1.165, 1.54) is 10.5 Å². The molecule has 0 amide bonds. The van der Waals surface area contributed by atoms with Gasteiger partial charge in [0.25, 0.3) is 0 Å². The lowest BCUT2D eigenvalue weighted by molar-refractivity contribution is 0.112.